The molecule has 0 saturated heterocycles. The molecule has 1 aliphatic heterocycles. The van der Waals surface area contributed by atoms with E-state index in [1.54, 1.807) is 6.07 Å². The summed E-state index contributed by atoms with van der Waals surface area (Å²) in [6.45, 7) is 0.616. The van der Waals surface area contributed by atoms with E-state index >= 15 is 0 Å². The third-order valence-corrected chi connectivity index (χ3v) is 3.13. The molecule has 0 unspecified atom stereocenters. The first-order chi connectivity index (χ1) is 10.3. The van der Waals surface area contributed by atoms with Crippen LogP contribution in [0.3, 0.4) is 0 Å². The Kier molecular flexibility index (Phi) is 3.71. The van der Waals surface area contributed by atoms with Crippen LogP contribution in [-0.2, 0) is 0 Å². The Morgan fingerprint density at radius 2 is 1.57 bits per heavy atom. The standard InChI is InChI=1S/C17H14O4/c18-9-10-20-15-6-2-12(3-7-15)16-8-4-13-1-5-14(19)11-17(13)21-16/h1-8,11,18H,9-10H2/p+1. The molecule has 106 valence electrons. The SMILES string of the molecule is O=c1ccc2ccc(-c3ccc(OCC[OH2+])cc3)oc-2c1. The predicted molar refractivity (Wildman–Crippen MR) is 81.0 cm³/mol. The average molecular weight is 283 g/mol. The minimum Gasteiger partial charge on any atom is -0.486 e. The largest absolute Gasteiger partial charge is 0.486 e. The summed E-state index contributed by atoms with van der Waals surface area (Å²) in [5.41, 5.74) is 1.74. The molecule has 0 saturated carbocycles. The van der Waals surface area contributed by atoms with Crippen LogP contribution in [0, 0.1) is 0 Å². The molecule has 4 nitrogen and oxygen atoms in total. The fourth-order valence-corrected chi connectivity index (χ4v) is 2.10. The van der Waals surface area contributed by atoms with Gasteiger partial charge >= 0.3 is 0 Å². The normalized spacial score (nSPS) is 10.7. The molecule has 1 heterocycles. The van der Waals surface area contributed by atoms with Crippen molar-refractivity contribution >= 4 is 0 Å². The van der Waals surface area contributed by atoms with Crippen LogP contribution < -0.4 is 10.2 Å². The van der Waals surface area contributed by atoms with E-state index in [0.717, 1.165) is 16.9 Å². The zero-order valence-corrected chi connectivity index (χ0v) is 11.3. The first-order valence-electron chi connectivity index (χ1n) is 6.68. The van der Waals surface area contributed by atoms with E-state index in [9.17, 15) is 4.79 Å². The van der Waals surface area contributed by atoms with Crippen molar-refractivity contribution in [2.75, 3.05) is 13.2 Å². The van der Waals surface area contributed by atoms with E-state index in [1.165, 1.54) is 12.1 Å². The Hall–Kier alpha value is -2.59. The summed E-state index contributed by atoms with van der Waals surface area (Å²) < 4.78 is 11.2. The van der Waals surface area contributed by atoms with Gasteiger partial charge in [0.15, 0.2) is 18.6 Å². The quantitative estimate of drug-likeness (QED) is 0.691. The highest BCUT2D eigenvalue weighted by Crippen LogP contribution is 2.28. The molecule has 1 aromatic rings. The van der Waals surface area contributed by atoms with E-state index in [1.807, 2.05) is 36.4 Å². The number of benzene rings is 2. The molecule has 0 atom stereocenters. The summed E-state index contributed by atoms with van der Waals surface area (Å²) >= 11 is 0. The molecule has 1 aromatic carbocycles. The summed E-state index contributed by atoms with van der Waals surface area (Å²) in [5.74, 6) is 2.00. The Labute approximate surface area is 121 Å². The van der Waals surface area contributed by atoms with Crippen molar-refractivity contribution < 1.29 is 14.3 Å². The molecule has 3 rings (SSSR count). The minimum absolute atomic E-state index is 0.0671. The van der Waals surface area contributed by atoms with Crippen molar-refractivity contribution in [3.63, 3.8) is 0 Å². The highest BCUT2D eigenvalue weighted by Gasteiger charge is 2.08. The van der Waals surface area contributed by atoms with E-state index < -0.39 is 0 Å². The summed E-state index contributed by atoms with van der Waals surface area (Å²) in [5, 5.41) is 7.06. The van der Waals surface area contributed by atoms with Crippen molar-refractivity contribution in [2.45, 2.75) is 0 Å². The van der Waals surface area contributed by atoms with Gasteiger partial charge in [0, 0.05) is 17.2 Å². The molecule has 0 bridgehead atoms. The lowest BCUT2D eigenvalue weighted by Gasteiger charge is -2.08. The second-order valence-electron chi connectivity index (χ2n) is 4.62. The predicted octanol–water partition coefficient (Wildman–Crippen LogP) is 2.52. The lowest BCUT2D eigenvalue weighted by molar-refractivity contribution is 0.201. The van der Waals surface area contributed by atoms with Crippen molar-refractivity contribution in [1.29, 1.82) is 0 Å². The number of hydrogen-bond donors (Lipinski definition) is 0. The van der Waals surface area contributed by atoms with E-state index in [4.69, 9.17) is 14.3 Å². The van der Waals surface area contributed by atoms with Gasteiger partial charge in [-0.3, -0.25) is 4.79 Å². The molecule has 2 aliphatic rings. The second kappa shape index (κ2) is 5.81. The van der Waals surface area contributed by atoms with Gasteiger partial charge in [0.1, 0.15) is 17.3 Å². The van der Waals surface area contributed by atoms with E-state index in [-0.39, 0.29) is 12.0 Å². The maximum Gasteiger partial charge on any atom is 0.182 e. The maximum atomic E-state index is 11.4. The first-order valence-corrected chi connectivity index (χ1v) is 6.68. The molecule has 0 amide bonds. The lowest BCUT2D eigenvalue weighted by Crippen LogP contribution is -2.01. The van der Waals surface area contributed by atoms with E-state index in [2.05, 4.69) is 0 Å². The molecule has 1 aliphatic carbocycles. The van der Waals surface area contributed by atoms with Gasteiger partial charge in [-0.2, -0.15) is 0 Å². The van der Waals surface area contributed by atoms with Crippen LogP contribution in [-0.4, -0.2) is 18.3 Å². The molecular weight excluding hydrogens is 268 g/mol. The lowest BCUT2D eigenvalue weighted by atomic mass is 10.1. The van der Waals surface area contributed by atoms with Gasteiger partial charge in [-0.1, -0.05) is 0 Å². The smallest absolute Gasteiger partial charge is 0.182 e. The van der Waals surface area contributed by atoms with Crippen molar-refractivity contribution in [2.24, 2.45) is 0 Å². The Morgan fingerprint density at radius 1 is 0.905 bits per heavy atom. The topological polar surface area (TPSA) is 62.3 Å². The zero-order valence-electron chi connectivity index (χ0n) is 11.3. The van der Waals surface area contributed by atoms with Crippen LogP contribution in [0.5, 0.6) is 5.75 Å². The first kappa shape index (κ1) is 13.4. The summed E-state index contributed by atoms with van der Waals surface area (Å²) in [4.78, 5) is 11.4. The number of rotatable bonds is 4. The molecule has 21 heavy (non-hydrogen) atoms. The monoisotopic (exact) mass is 283 g/mol. The second-order valence-corrected chi connectivity index (χ2v) is 4.62. The molecule has 0 aromatic heterocycles. The number of hydrogen-bond acceptors (Lipinski definition) is 3. The van der Waals surface area contributed by atoms with Gasteiger partial charge < -0.3 is 14.3 Å². The van der Waals surface area contributed by atoms with Gasteiger partial charge in [0.2, 0.25) is 0 Å². The molecule has 4 heteroatoms. The Balaban J connectivity index is 1.93. The van der Waals surface area contributed by atoms with Gasteiger partial charge in [-0.05, 0) is 48.5 Å². The Morgan fingerprint density at radius 3 is 2.33 bits per heavy atom. The van der Waals surface area contributed by atoms with Crippen LogP contribution in [0.1, 0.15) is 0 Å². The van der Waals surface area contributed by atoms with Crippen LogP contribution in [0.4, 0.5) is 0 Å². The minimum atomic E-state index is -0.0671. The highest BCUT2D eigenvalue weighted by molar-refractivity contribution is 5.65. The Bertz CT molecular complexity index is 758. The maximum absolute atomic E-state index is 11.4. The van der Waals surface area contributed by atoms with Crippen molar-refractivity contribution in [3.05, 3.63) is 64.8 Å². The van der Waals surface area contributed by atoms with Gasteiger partial charge in [-0.25, -0.2) is 0 Å². The number of ether oxygens (including phenoxy) is 1. The molecular formula is C17H15O4+. The number of fused-ring (bicyclic) bond motifs is 1. The summed E-state index contributed by atoms with van der Waals surface area (Å²) in [7, 11) is 0. The fraction of sp³-hybridized carbons (Fsp3) is 0.118. The van der Waals surface area contributed by atoms with Crippen LogP contribution in [0.15, 0.2) is 63.8 Å². The van der Waals surface area contributed by atoms with Gasteiger partial charge in [0.05, 0.1) is 0 Å². The molecule has 0 fully saturated rings. The van der Waals surface area contributed by atoms with Gasteiger partial charge in [-0.15, -0.1) is 0 Å². The van der Waals surface area contributed by atoms with Crippen LogP contribution >= 0.6 is 0 Å². The molecule has 0 spiro atoms. The fourth-order valence-electron chi connectivity index (χ4n) is 2.10. The van der Waals surface area contributed by atoms with Crippen LogP contribution in [0.25, 0.3) is 22.6 Å². The van der Waals surface area contributed by atoms with Crippen LogP contribution in [0.2, 0.25) is 0 Å². The average Bonchev–Trinajstić information content (AvgIpc) is 2.52. The molecule has 0 radical (unpaired) electrons. The van der Waals surface area contributed by atoms with Crippen molar-refractivity contribution in [3.8, 4) is 28.4 Å². The third kappa shape index (κ3) is 2.95. The summed E-state index contributed by atoms with van der Waals surface area (Å²) in [6.07, 6.45) is 0. The van der Waals surface area contributed by atoms with E-state index in [0.29, 0.717) is 18.1 Å². The zero-order chi connectivity index (χ0) is 14.7. The molecule has 2 N–H and O–H groups in total. The van der Waals surface area contributed by atoms with Crippen molar-refractivity contribution in [1.82, 2.24) is 0 Å². The third-order valence-electron chi connectivity index (χ3n) is 3.13. The highest BCUT2D eigenvalue weighted by atomic mass is 16.5. The van der Waals surface area contributed by atoms with Gasteiger partial charge in [0.25, 0.3) is 0 Å². The summed E-state index contributed by atoms with van der Waals surface area (Å²) in [6, 6.07) is 16.0.